The Balaban J connectivity index is 1.74. The summed E-state index contributed by atoms with van der Waals surface area (Å²) >= 11 is 0. The van der Waals surface area contributed by atoms with Crippen LogP contribution >= 0.6 is 0 Å². The Kier molecular flexibility index (Phi) is 4.06. The van der Waals surface area contributed by atoms with Crippen LogP contribution in [0.2, 0.25) is 0 Å². The third-order valence-electron chi connectivity index (χ3n) is 4.06. The average Bonchev–Trinajstić information content (AvgIpc) is 2.99. The van der Waals surface area contributed by atoms with E-state index in [1.54, 1.807) is 4.52 Å². The molecule has 0 fully saturated rings. The second-order valence-corrected chi connectivity index (χ2v) is 5.61. The second-order valence-electron chi connectivity index (χ2n) is 5.61. The topological polar surface area (TPSA) is 72.2 Å². The Bertz CT molecular complexity index is 869. The maximum atomic E-state index is 12.3. The van der Waals surface area contributed by atoms with Gasteiger partial charge in [-0.15, -0.1) is 0 Å². The lowest BCUT2D eigenvalue weighted by Gasteiger charge is -2.11. The molecule has 2 heterocycles. The number of benzene rings is 1. The number of hydrogen-bond acceptors (Lipinski definition) is 4. The summed E-state index contributed by atoms with van der Waals surface area (Å²) in [6, 6.07) is 8.03. The number of carbonyl (C=O) groups excluding carboxylic acids is 1. The SMILES string of the molecule is Cc1ccccc1CNC(=O)Cc1c(C)nc2ncnn2c1C. The second kappa shape index (κ2) is 6.16. The highest BCUT2D eigenvalue weighted by Gasteiger charge is 2.14. The molecule has 0 unspecified atom stereocenters. The normalized spacial score (nSPS) is 10.9. The van der Waals surface area contributed by atoms with Gasteiger partial charge in [0.2, 0.25) is 5.91 Å². The van der Waals surface area contributed by atoms with E-state index in [1.165, 1.54) is 11.9 Å². The summed E-state index contributed by atoms with van der Waals surface area (Å²) in [5.74, 6) is 0.532. The number of nitrogens with zero attached hydrogens (tertiary/aromatic N) is 4. The first-order valence-electron chi connectivity index (χ1n) is 7.53. The summed E-state index contributed by atoms with van der Waals surface area (Å²) in [4.78, 5) is 20.8. The molecule has 0 saturated heterocycles. The third-order valence-corrected chi connectivity index (χ3v) is 4.06. The zero-order chi connectivity index (χ0) is 16.4. The van der Waals surface area contributed by atoms with Crippen molar-refractivity contribution in [3.05, 3.63) is 58.7 Å². The number of fused-ring (bicyclic) bond motifs is 1. The molecule has 23 heavy (non-hydrogen) atoms. The summed E-state index contributed by atoms with van der Waals surface area (Å²) in [6.07, 6.45) is 1.75. The van der Waals surface area contributed by atoms with Crippen LogP contribution in [0.1, 0.15) is 28.1 Å². The minimum absolute atomic E-state index is 0.0271. The molecule has 6 heteroatoms. The van der Waals surface area contributed by atoms with Crippen molar-refractivity contribution in [1.29, 1.82) is 0 Å². The average molecular weight is 309 g/mol. The molecule has 1 N–H and O–H groups in total. The summed E-state index contributed by atoms with van der Waals surface area (Å²) in [5, 5.41) is 7.12. The van der Waals surface area contributed by atoms with Crippen LogP contribution in [0.3, 0.4) is 0 Å². The highest BCUT2D eigenvalue weighted by molar-refractivity contribution is 5.79. The number of carbonyl (C=O) groups is 1. The molecule has 6 nitrogen and oxygen atoms in total. The molecule has 0 saturated carbocycles. The predicted molar refractivity (Wildman–Crippen MR) is 87.0 cm³/mol. The van der Waals surface area contributed by atoms with Gasteiger partial charge in [-0.05, 0) is 31.9 Å². The quantitative estimate of drug-likeness (QED) is 0.799. The van der Waals surface area contributed by atoms with Gasteiger partial charge in [-0.25, -0.2) is 9.50 Å². The van der Waals surface area contributed by atoms with Gasteiger partial charge in [0.1, 0.15) is 6.33 Å². The fourth-order valence-electron chi connectivity index (χ4n) is 2.64. The predicted octanol–water partition coefficient (Wildman–Crippen LogP) is 1.91. The van der Waals surface area contributed by atoms with Crippen molar-refractivity contribution in [1.82, 2.24) is 24.9 Å². The lowest BCUT2D eigenvalue weighted by atomic mass is 10.1. The van der Waals surface area contributed by atoms with Gasteiger partial charge in [-0.2, -0.15) is 10.1 Å². The first-order chi connectivity index (χ1) is 11.1. The molecule has 1 aromatic carbocycles. The maximum Gasteiger partial charge on any atom is 0.252 e. The largest absolute Gasteiger partial charge is 0.352 e. The Labute approximate surface area is 134 Å². The Morgan fingerprint density at radius 1 is 1.22 bits per heavy atom. The molecule has 0 atom stereocenters. The van der Waals surface area contributed by atoms with E-state index in [-0.39, 0.29) is 12.3 Å². The van der Waals surface area contributed by atoms with Crippen LogP contribution in [0.5, 0.6) is 0 Å². The molecule has 1 amide bonds. The van der Waals surface area contributed by atoms with Crippen molar-refractivity contribution in [2.45, 2.75) is 33.7 Å². The van der Waals surface area contributed by atoms with E-state index in [0.29, 0.717) is 12.3 Å². The van der Waals surface area contributed by atoms with Gasteiger partial charge >= 0.3 is 0 Å². The third kappa shape index (κ3) is 3.06. The molecular weight excluding hydrogens is 290 g/mol. The molecule has 0 aliphatic rings. The van der Waals surface area contributed by atoms with Crippen molar-refractivity contribution in [2.75, 3.05) is 0 Å². The van der Waals surface area contributed by atoms with E-state index in [0.717, 1.165) is 22.5 Å². The highest BCUT2D eigenvalue weighted by Crippen LogP contribution is 2.14. The monoisotopic (exact) mass is 309 g/mol. The molecule has 118 valence electrons. The summed E-state index contributed by atoms with van der Waals surface area (Å²) in [6.45, 7) is 6.40. The van der Waals surface area contributed by atoms with Crippen LogP contribution in [-0.4, -0.2) is 25.5 Å². The van der Waals surface area contributed by atoms with E-state index in [9.17, 15) is 4.79 Å². The minimum atomic E-state index is -0.0271. The van der Waals surface area contributed by atoms with Gasteiger partial charge in [0.15, 0.2) is 0 Å². The molecular formula is C17H19N5O. The first kappa shape index (κ1) is 15.1. The standard InChI is InChI=1S/C17H19N5O/c1-11-6-4-5-7-14(11)9-18-16(23)8-15-12(2)21-17-19-10-20-22(17)13(15)3/h4-7,10H,8-9H2,1-3H3,(H,18,23). The summed E-state index contributed by atoms with van der Waals surface area (Å²) in [7, 11) is 0. The van der Waals surface area contributed by atoms with E-state index in [4.69, 9.17) is 0 Å². The van der Waals surface area contributed by atoms with Gasteiger partial charge in [-0.1, -0.05) is 24.3 Å². The Hall–Kier alpha value is -2.76. The fourth-order valence-corrected chi connectivity index (χ4v) is 2.64. The van der Waals surface area contributed by atoms with Crippen LogP contribution in [-0.2, 0) is 17.8 Å². The molecule has 0 aliphatic heterocycles. The van der Waals surface area contributed by atoms with Crippen molar-refractivity contribution >= 4 is 11.7 Å². The van der Waals surface area contributed by atoms with Crippen molar-refractivity contribution in [3.8, 4) is 0 Å². The number of aromatic nitrogens is 4. The van der Waals surface area contributed by atoms with E-state index in [2.05, 4.69) is 20.4 Å². The van der Waals surface area contributed by atoms with Crippen LogP contribution in [0, 0.1) is 20.8 Å². The molecule has 3 aromatic rings. The van der Waals surface area contributed by atoms with Crippen molar-refractivity contribution in [3.63, 3.8) is 0 Å². The molecule has 2 aromatic heterocycles. The lowest BCUT2D eigenvalue weighted by molar-refractivity contribution is -0.120. The van der Waals surface area contributed by atoms with E-state index in [1.807, 2.05) is 45.0 Å². The fraction of sp³-hybridized carbons (Fsp3) is 0.294. The van der Waals surface area contributed by atoms with Crippen LogP contribution in [0.15, 0.2) is 30.6 Å². The Morgan fingerprint density at radius 3 is 2.78 bits per heavy atom. The van der Waals surface area contributed by atoms with Crippen LogP contribution in [0.25, 0.3) is 5.78 Å². The molecule has 0 radical (unpaired) electrons. The zero-order valence-electron chi connectivity index (χ0n) is 13.5. The minimum Gasteiger partial charge on any atom is -0.352 e. The number of amides is 1. The molecule has 3 rings (SSSR count). The molecule has 0 spiro atoms. The van der Waals surface area contributed by atoms with Gasteiger partial charge in [0, 0.05) is 23.5 Å². The Morgan fingerprint density at radius 2 is 2.00 bits per heavy atom. The van der Waals surface area contributed by atoms with E-state index < -0.39 is 0 Å². The van der Waals surface area contributed by atoms with Gasteiger partial charge in [0.05, 0.1) is 6.42 Å². The zero-order valence-corrected chi connectivity index (χ0v) is 13.5. The van der Waals surface area contributed by atoms with Crippen molar-refractivity contribution < 1.29 is 4.79 Å². The van der Waals surface area contributed by atoms with Crippen LogP contribution < -0.4 is 5.32 Å². The summed E-state index contributed by atoms with van der Waals surface area (Å²) in [5.41, 5.74) is 4.90. The van der Waals surface area contributed by atoms with Crippen LogP contribution in [0.4, 0.5) is 0 Å². The number of nitrogens with one attached hydrogen (secondary N) is 1. The van der Waals surface area contributed by atoms with E-state index >= 15 is 0 Å². The lowest BCUT2D eigenvalue weighted by Crippen LogP contribution is -2.26. The molecule has 0 bridgehead atoms. The van der Waals surface area contributed by atoms with Crippen molar-refractivity contribution in [2.24, 2.45) is 0 Å². The maximum absolute atomic E-state index is 12.3. The van der Waals surface area contributed by atoms with Gasteiger partial charge in [-0.3, -0.25) is 4.79 Å². The van der Waals surface area contributed by atoms with Gasteiger partial charge in [0.25, 0.3) is 5.78 Å². The summed E-state index contributed by atoms with van der Waals surface area (Å²) < 4.78 is 1.66. The number of aryl methyl sites for hydroxylation is 3. The molecule has 0 aliphatic carbocycles. The highest BCUT2D eigenvalue weighted by atomic mass is 16.1. The number of hydrogen-bond donors (Lipinski definition) is 1. The smallest absolute Gasteiger partial charge is 0.252 e. The van der Waals surface area contributed by atoms with Gasteiger partial charge < -0.3 is 5.32 Å². The first-order valence-corrected chi connectivity index (χ1v) is 7.53. The number of rotatable bonds is 4.